The van der Waals surface area contributed by atoms with E-state index >= 15 is 0 Å². The summed E-state index contributed by atoms with van der Waals surface area (Å²) in [6.45, 7) is 3.91. The van der Waals surface area contributed by atoms with Crippen molar-refractivity contribution in [3.63, 3.8) is 0 Å². The van der Waals surface area contributed by atoms with Crippen molar-refractivity contribution in [3.8, 4) is 10.6 Å². The molecule has 19 heavy (non-hydrogen) atoms. The van der Waals surface area contributed by atoms with Crippen molar-refractivity contribution in [1.82, 2.24) is 10.3 Å². The molecule has 0 aromatic carbocycles. The average molecular weight is 281 g/mol. The molecule has 2 aromatic rings. The zero-order chi connectivity index (χ0) is 13.7. The Morgan fingerprint density at radius 1 is 1.47 bits per heavy atom. The van der Waals surface area contributed by atoms with Gasteiger partial charge in [-0.2, -0.15) is 0 Å². The summed E-state index contributed by atoms with van der Waals surface area (Å²) in [5.74, 6) is 1.23. The first kappa shape index (κ1) is 13.7. The summed E-state index contributed by atoms with van der Waals surface area (Å²) in [6.07, 6.45) is 3.42. The van der Waals surface area contributed by atoms with Gasteiger partial charge in [0.15, 0.2) is 11.7 Å². The highest BCUT2D eigenvalue weighted by Crippen LogP contribution is 2.32. The van der Waals surface area contributed by atoms with Gasteiger partial charge < -0.3 is 9.73 Å². The number of thiophene rings is 1. The number of hydrogen-bond acceptors (Lipinski definition) is 6. The third-order valence-electron chi connectivity index (χ3n) is 2.51. The molecule has 0 saturated carbocycles. The van der Waals surface area contributed by atoms with Gasteiger partial charge in [-0.1, -0.05) is 18.3 Å². The van der Waals surface area contributed by atoms with Gasteiger partial charge in [0.05, 0.1) is 16.0 Å². The fraction of sp³-hybridized carbons (Fsp3) is 0.417. The molecule has 0 fully saturated rings. The molecule has 0 aliphatic heterocycles. The van der Waals surface area contributed by atoms with Gasteiger partial charge in [-0.15, -0.1) is 0 Å². The van der Waals surface area contributed by atoms with Crippen LogP contribution in [0.3, 0.4) is 0 Å². The lowest BCUT2D eigenvalue weighted by atomic mass is 10.4. The summed E-state index contributed by atoms with van der Waals surface area (Å²) in [5.41, 5.74) is 0. The molecule has 7 heteroatoms. The second-order valence-corrected chi connectivity index (χ2v) is 5.08. The van der Waals surface area contributed by atoms with Crippen molar-refractivity contribution in [2.45, 2.75) is 19.8 Å². The molecule has 0 spiro atoms. The van der Waals surface area contributed by atoms with Crippen molar-refractivity contribution in [1.29, 1.82) is 0 Å². The third-order valence-corrected chi connectivity index (χ3v) is 3.56. The van der Waals surface area contributed by atoms with Crippen LogP contribution in [0.5, 0.6) is 0 Å². The normalized spacial score (nSPS) is 10.8. The van der Waals surface area contributed by atoms with Gasteiger partial charge in [-0.05, 0) is 19.0 Å². The van der Waals surface area contributed by atoms with Gasteiger partial charge in [0, 0.05) is 19.0 Å². The van der Waals surface area contributed by atoms with Crippen molar-refractivity contribution in [3.05, 3.63) is 34.3 Å². The predicted octanol–water partition coefficient (Wildman–Crippen LogP) is 2.85. The highest BCUT2D eigenvalue weighted by molar-refractivity contribution is 7.18. The van der Waals surface area contributed by atoms with E-state index in [0.717, 1.165) is 35.7 Å². The summed E-state index contributed by atoms with van der Waals surface area (Å²) in [5, 5.41) is 14.0. The third kappa shape index (κ3) is 3.62. The number of rotatable bonds is 7. The van der Waals surface area contributed by atoms with Crippen molar-refractivity contribution in [2.24, 2.45) is 0 Å². The molecule has 0 amide bonds. The summed E-state index contributed by atoms with van der Waals surface area (Å²) >= 11 is 1.09. The first-order chi connectivity index (χ1) is 9.20. The smallest absolute Gasteiger partial charge is 0.324 e. The zero-order valence-corrected chi connectivity index (χ0v) is 11.4. The molecule has 6 nitrogen and oxygen atoms in total. The number of nitrogens with zero attached hydrogens (tertiary/aromatic N) is 2. The van der Waals surface area contributed by atoms with E-state index in [1.54, 1.807) is 12.3 Å². The number of nitrogens with one attached hydrogen (secondary N) is 1. The second-order valence-electron chi connectivity index (χ2n) is 4.01. The van der Waals surface area contributed by atoms with Crippen LogP contribution in [0.15, 0.2) is 22.7 Å². The Hall–Kier alpha value is -1.73. The molecule has 102 valence electrons. The molecule has 0 bridgehead atoms. The van der Waals surface area contributed by atoms with E-state index in [1.807, 2.05) is 0 Å². The Labute approximate surface area is 114 Å². The maximum Gasteiger partial charge on any atom is 0.324 e. The quantitative estimate of drug-likeness (QED) is 0.479. The van der Waals surface area contributed by atoms with Crippen LogP contribution in [0.25, 0.3) is 10.6 Å². The molecule has 2 heterocycles. The molecular formula is C12H15N3O3S. The molecule has 0 aliphatic carbocycles. The van der Waals surface area contributed by atoms with Gasteiger partial charge in [-0.25, -0.2) is 4.98 Å². The van der Waals surface area contributed by atoms with E-state index in [-0.39, 0.29) is 5.00 Å². The summed E-state index contributed by atoms with van der Waals surface area (Å²) in [6, 6.07) is 3.16. The van der Waals surface area contributed by atoms with Gasteiger partial charge in [0.1, 0.15) is 0 Å². The van der Waals surface area contributed by atoms with Crippen LogP contribution in [0, 0.1) is 10.1 Å². The largest absolute Gasteiger partial charge is 0.440 e. The fourth-order valence-electron chi connectivity index (χ4n) is 1.60. The minimum atomic E-state index is -0.403. The number of nitro groups is 1. The van der Waals surface area contributed by atoms with Gasteiger partial charge in [-0.3, -0.25) is 10.1 Å². The Balaban J connectivity index is 1.97. The molecule has 0 aliphatic rings. The lowest BCUT2D eigenvalue weighted by Crippen LogP contribution is -2.17. The van der Waals surface area contributed by atoms with E-state index in [1.165, 1.54) is 6.07 Å². The number of oxazole rings is 1. The minimum Gasteiger partial charge on any atom is -0.440 e. The van der Waals surface area contributed by atoms with Gasteiger partial charge in [0.25, 0.3) is 0 Å². The summed E-state index contributed by atoms with van der Waals surface area (Å²) < 4.78 is 5.58. The van der Waals surface area contributed by atoms with Crippen molar-refractivity contribution < 1.29 is 9.34 Å². The molecule has 0 atom stereocenters. The zero-order valence-electron chi connectivity index (χ0n) is 10.6. The Morgan fingerprint density at radius 2 is 2.32 bits per heavy atom. The van der Waals surface area contributed by atoms with E-state index in [4.69, 9.17) is 4.42 Å². The van der Waals surface area contributed by atoms with Crippen LogP contribution in [0.2, 0.25) is 0 Å². The topological polar surface area (TPSA) is 81.2 Å². The van der Waals surface area contributed by atoms with Crippen LogP contribution in [-0.2, 0) is 6.42 Å². The molecule has 0 saturated heterocycles. The fourth-order valence-corrected chi connectivity index (χ4v) is 2.36. The minimum absolute atomic E-state index is 0.109. The van der Waals surface area contributed by atoms with Crippen LogP contribution >= 0.6 is 11.3 Å². The maximum absolute atomic E-state index is 10.6. The molecule has 0 radical (unpaired) electrons. The lowest BCUT2D eigenvalue weighted by molar-refractivity contribution is -0.380. The monoisotopic (exact) mass is 281 g/mol. The molecule has 2 aromatic heterocycles. The molecule has 2 rings (SSSR count). The Bertz CT molecular complexity index is 550. The molecule has 0 unspecified atom stereocenters. The van der Waals surface area contributed by atoms with E-state index in [0.29, 0.717) is 18.1 Å². The summed E-state index contributed by atoms with van der Waals surface area (Å²) in [4.78, 5) is 15.1. The highest BCUT2D eigenvalue weighted by Gasteiger charge is 2.14. The van der Waals surface area contributed by atoms with Crippen LogP contribution < -0.4 is 5.32 Å². The molecule has 1 N–H and O–H groups in total. The predicted molar refractivity (Wildman–Crippen MR) is 73.3 cm³/mol. The maximum atomic E-state index is 10.6. The van der Waals surface area contributed by atoms with Gasteiger partial charge in [0.2, 0.25) is 0 Å². The van der Waals surface area contributed by atoms with Crippen molar-refractivity contribution in [2.75, 3.05) is 13.1 Å². The SMILES string of the molecule is CCCNCCc1ncc(-c2ccc([N+](=O)[O-])s2)o1. The van der Waals surface area contributed by atoms with Crippen LogP contribution in [0.1, 0.15) is 19.2 Å². The highest BCUT2D eigenvalue weighted by atomic mass is 32.1. The van der Waals surface area contributed by atoms with Crippen LogP contribution in [-0.4, -0.2) is 23.0 Å². The van der Waals surface area contributed by atoms with E-state index in [2.05, 4.69) is 17.2 Å². The van der Waals surface area contributed by atoms with Crippen molar-refractivity contribution >= 4 is 16.3 Å². The number of aromatic nitrogens is 1. The number of hydrogen-bond donors (Lipinski definition) is 1. The summed E-state index contributed by atoms with van der Waals surface area (Å²) in [7, 11) is 0. The Kier molecular flexibility index (Phi) is 4.64. The van der Waals surface area contributed by atoms with E-state index < -0.39 is 4.92 Å². The lowest BCUT2D eigenvalue weighted by Gasteiger charge is -1.98. The first-order valence-electron chi connectivity index (χ1n) is 6.10. The Morgan fingerprint density at radius 3 is 3.00 bits per heavy atom. The van der Waals surface area contributed by atoms with Crippen LogP contribution in [0.4, 0.5) is 5.00 Å². The first-order valence-corrected chi connectivity index (χ1v) is 6.92. The molecular weight excluding hydrogens is 266 g/mol. The van der Waals surface area contributed by atoms with E-state index in [9.17, 15) is 10.1 Å². The van der Waals surface area contributed by atoms with Gasteiger partial charge >= 0.3 is 5.00 Å². The second kappa shape index (κ2) is 6.44. The average Bonchev–Trinajstić information content (AvgIpc) is 3.03. The standard InChI is InChI=1S/C12H15N3O3S/c1-2-6-13-7-5-11-14-8-9(18-11)10-3-4-12(19-10)15(16)17/h3-4,8,13H,2,5-7H2,1H3.